The predicted molar refractivity (Wildman–Crippen MR) is 84.0 cm³/mol. The van der Waals surface area contributed by atoms with Crippen molar-refractivity contribution in [3.05, 3.63) is 58.3 Å². The average Bonchev–Trinajstić information content (AvgIpc) is 3.05. The minimum Gasteiger partial charge on any atom is -0.273 e. The van der Waals surface area contributed by atoms with E-state index in [-0.39, 0.29) is 17.7 Å². The highest BCUT2D eigenvalue weighted by molar-refractivity contribution is 7.12. The summed E-state index contributed by atoms with van der Waals surface area (Å²) in [5, 5.41) is 1.82. The summed E-state index contributed by atoms with van der Waals surface area (Å²) in [5.41, 5.74) is 5.95. The van der Waals surface area contributed by atoms with Gasteiger partial charge in [-0.15, -0.1) is 11.3 Å². The molecule has 1 unspecified atom stereocenters. The zero-order valence-electron chi connectivity index (χ0n) is 11.8. The Kier molecular flexibility index (Phi) is 5.51. The molecule has 1 atom stereocenters. The van der Waals surface area contributed by atoms with E-state index < -0.39 is 0 Å². The first-order valence-corrected chi connectivity index (χ1v) is 7.79. The molecule has 0 spiro atoms. The lowest BCUT2D eigenvalue weighted by Crippen LogP contribution is -2.43. The van der Waals surface area contributed by atoms with Crippen molar-refractivity contribution in [1.82, 2.24) is 10.9 Å². The number of rotatable bonds is 5. The smallest absolute Gasteiger partial charge is 0.273 e. The van der Waals surface area contributed by atoms with Crippen molar-refractivity contribution in [2.75, 3.05) is 0 Å². The van der Waals surface area contributed by atoms with Crippen molar-refractivity contribution in [1.29, 1.82) is 0 Å². The number of amides is 2. The van der Waals surface area contributed by atoms with Crippen LogP contribution in [-0.4, -0.2) is 11.8 Å². The Bertz CT molecular complexity index is 582. The van der Waals surface area contributed by atoms with E-state index in [1.54, 1.807) is 12.1 Å². The Balaban J connectivity index is 1.98. The fourth-order valence-corrected chi connectivity index (χ4v) is 2.72. The molecule has 2 rings (SSSR count). The highest BCUT2D eigenvalue weighted by Crippen LogP contribution is 2.21. The minimum absolute atomic E-state index is 0.187. The first-order chi connectivity index (χ1) is 10.2. The number of hydrazine groups is 1. The summed E-state index contributed by atoms with van der Waals surface area (Å²) in [4.78, 5) is 24.7. The van der Waals surface area contributed by atoms with Crippen LogP contribution < -0.4 is 10.9 Å². The monoisotopic (exact) mass is 302 g/mol. The zero-order valence-corrected chi connectivity index (χ0v) is 12.7. The van der Waals surface area contributed by atoms with Gasteiger partial charge in [-0.05, 0) is 23.4 Å². The van der Waals surface area contributed by atoms with Crippen LogP contribution in [0.15, 0.2) is 47.8 Å². The number of carbonyl (C=O) groups excluding carboxylic acids is 2. The molecule has 110 valence electrons. The first-order valence-electron chi connectivity index (χ1n) is 6.91. The minimum atomic E-state index is -0.290. The maximum absolute atomic E-state index is 12.3. The van der Waals surface area contributed by atoms with E-state index in [0.717, 1.165) is 18.4 Å². The van der Waals surface area contributed by atoms with Crippen molar-refractivity contribution in [2.45, 2.75) is 25.7 Å². The number of hydrogen-bond donors (Lipinski definition) is 2. The van der Waals surface area contributed by atoms with Gasteiger partial charge in [-0.2, -0.15) is 0 Å². The van der Waals surface area contributed by atoms with Gasteiger partial charge < -0.3 is 0 Å². The van der Waals surface area contributed by atoms with Gasteiger partial charge >= 0.3 is 0 Å². The highest BCUT2D eigenvalue weighted by atomic mass is 32.1. The van der Waals surface area contributed by atoms with Gasteiger partial charge in [0.05, 0.1) is 10.8 Å². The first kappa shape index (κ1) is 15.3. The molecular weight excluding hydrogens is 284 g/mol. The second kappa shape index (κ2) is 7.59. The third-order valence-electron chi connectivity index (χ3n) is 3.14. The molecule has 2 N–H and O–H groups in total. The molecule has 0 radical (unpaired) electrons. The van der Waals surface area contributed by atoms with E-state index in [2.05, 4.69) is 10.9 Å². The molecule has 5 heteroatoms. The molecule has 2 amide bonds. The molecule has 0 saturated heterocycles. The van der Waals surface area contributed by atoms with Crippen LogP contribution >= 0.6 is 11.3 Å². The quantitative estimate of drug-likeness (QED) is 0.834. The number of benzene rings is 1. The van der Waals surface area contributed by atoms with Gasteiger partial charge in [0, 0.05) is 0 Å². The third kappa shape index (κ3) is 4.16. The van der Waals surface area contributed by atoms with Gasteiger partial charge in [-0.3, -0.25) is 20.4 Å². The maximum atomic E-state index is 12.3. The van der Waals surface area contributed by atoms with Crippen molar-refractivity contribution < 1.29 is 9.59 Å². The van der Waals surface area contributed by atoms with E-state index in [1.165, 1.54) is 11.3 Å². The summed E-state index contributed by atoms with van der Waals surface area (Å²) in [6, 6.07) is 13.1. The maximum Gasteiger partial charge on any atom is 0.279 e. The van der Waals surface area contributed by atoms with Gasteiger partial charge in [0.25, 0.3) is 5.91 Å². The average molecular weight is 302 g/mol. The molecule has 0 fully saturated rings. The lowest BCUT2D eigenvalue weighted by atomic mass is 9.94. The predicted octanol–water partition coefficient (Wildman–Crippen LogP) is 3.09. The van der Waals surface area contributed by atoms with Crippen LogP contribution in [0, 0.1) is 0 Å². The van der Waals surface area contributed by atoms with Crippen molar-refractivity contribution >= 4 is 23.2 Å². The molecule has 1 aromatic heterocycles. The second-order valence-electron chi connectivity index (χ2n) is 4.67. The Labute approximate surface area is 128 Å². The van der Waals surface area contributed by atoms with Crippen LogP contribution in [0.3, 0.4) is 0 Å². The summed E-state index contributed by atoms with van der Waals surface area (Å²) >= 11 is 1.33. The highest BCUT2D eigenvalue weighted by Gasteiger charge is 2.20. The topological polar surface area (TPSA) is 58.2 Å². The van der Waals surface area contributed by atoms with Gasteiger partial charge in [-0.1, -0.05) is 49.7 Å². The summed E-state index contributed by atoms with van der Waals surface area (Å²) in [5.74, 6) is -0.727. The lowest BCUT2D eigenvalue weighted by Gasteiger charge is -2.16. The fourth-order valence-electron chi connectivity index (χ4n) is 2.10. The van der Waals surface area contributed by atoms with E-state index in [9.17, 15) is 9.59 Å². The van der Waals surface area contributed by atoms with Crippen LogP contribution in [0.25, 0.3) is 0 Å². The Morgan fingerprint density at radius 1 is 1.10 bits per heavy atom. The van der Waals surface area contributed by atoms with Crippen LogP contribution in [-0.2, 0) is 4.79 Å². The molecule has 0 aliphatic rings. The SMILES string of the molecule is CCCC(C(=O)NNC(=O)c1cccs1)c1ccccc1. The van der Waals surface area contributed by atoms with Crippen LogP contribution in [0.4, 0.5) is 0 Å². The van der Waals surface area contributed by atoms with Crippen LogP contribution in [0.5, 0.6) is 0 Å². The lowest BCUT2D eigenvalue weighted by molar-refractivity contribution is -0.123. The molecular formula is C16H18N2O2S. The Morgan fingerprint density at radius 2 is 1.86 bits per heavy atom. The molecule has 1 aromatic carbocycles. The summed E-state index contributed by atoms with van der Waals surface area (Å²) in [7, 11) is 0. The summed E-state index contributed by atoms with van der Waals surface area (Å²) < 4.78 is 0. The molecule has 4 nitrogen and oxygen atoms in total. The fraction of sp³-hybridized carbons (Fsp3) is 0.250. The van der Waals surface area contributed by atoms with E-state index in [1.807, 2.05) is 42.6 Å². The van der Waals surface area contributed by atoms with E-state index in [4.69, 9.17) is 0 Å². The molecule has 0 bridgehead atoms. The Morgan fingerprint density at radius 3 is 2.48 bits per heavy atom. The molecule has 0 saturated carbocycles. The van der Waals surface area contributed by atoms with Crippen molar-refractivity contribution in [3.63, 3.8) is 0 Å². The molecule has 0 aliphatic carbocycles. The largest absolute Gasteiger partial charge is 0.279 e. The van der Waals surface area contributed by atoms with Crippen LogP contribution in [0.1, 0.15) is 40.9 Å². The van der Waals surface area contributed by atoms with E-state index >= 15 is 0 Å². The van der Waals surface area contributed by atoms with Crippen molar-refractivity contribution in [2.24, 2.45) is 0 Å². The Hall–Kier alpha value is -2.14. The second-order valence-corrected chi connectivity index (χ2v) is 5.62. The van der Waals surface area contributed by atoms with Gasteiger partial charge in [0.15, 0.2) is 0 Å². The normalized spacial score (nSPS) is 11.7. The molecule has 0 aliphatic heterocycles. The summed E-state index contributed by atoms with van der Waals surface area (Å²) in [6.07, 6.45) is 1.64. The van der Waals surface area contributed by atoms with Crippen molar-refractivity contribution in [3.8, 4) is 0 Å². The molecule has 1 heterocycles. The number of carbonyl (C=O) groups is 2. The molecule has 21 heavy (non-hydrogen) atoms. The molecule has 2 aromatic rings. The third-order valence-corrected chi connectivity index (χ3v) is 4.01. The number of hydrogen-bond acceptors (Lipinski definition) is 3. The zero-order chi connectivity index (χ0) is 15.1. The summed E-state index contributed by atoms with van der Waals surface area (Å²) in [6.45, 7) is 2.04. The van der Waals surface area contributed by atoms with Gasteiger partial charge in [0.1, 0.15) is 0 Å². The number of thiophene rings is 1. The van der Waals surface area contributed by atoms with Gasteiger partial charge in [-0.25, -0.2) is 0 Å². The van der Waals surface area contributed by atoms with E-state index in [0.29, 0.717) is 4.88 Å². The number of nitrogens with one attached hydrogen (secondary N) is 2. The standard InChI is InChI=1S/C16H18N2O2S/c1-2-7-13(12-8-4-3-5-9-12)15(19)17-18-16(20)14-10-6-11-21-14/h3-6,8-11,13H,2,7H2,1H3,(H,17,19)(H,18,20). The van der Waals surface area contributed by atoms with Gasteiger partial charge in [0.2, 0.25) is 5.91 Å². The van der Waals surface area contributed by atoms with Crippen LogP contribution in [0.2, 0.25) is 0 Å².